The summed E-state index contributed by atoms with van der Waals surface area (Å²) in [7, 11) is 0. The Hall–Kier alpha value is -2.78. The number of carbonyl (C=O) groups is 1. The van der Waals surface area contributed by atoms with Crippen molar-refractivity contribution in [3.05, 3.63) is 57.8 Å². The third-order valence-corrected chi connectivity index (χ3v) is 2.91. The number of hydrogen-bond donors (Lipinski definition) is 4. The molecule has 6 heteroatoms. The van der Waals surface area contributed by atoms with E-state index < -0.39 is 5.69 Å². The van der Waals surface area contributed by atoms with Gasteiger partial charge in [-0.15, -0.1) is 0 Å². The molecule has 0 aliphatic carbocycles. The second-order valence-corrected chi connectivity index (χ2v) is 4.43. The Morgan fingerprint density at radius 2 is 2.10 bits per heavy atom. The van der Waals surface area contributed by atoms with Crippen LogP contribution >= 0.6 is 0 Å². The van der Waals surface area contributed by atoms with Crippen LogP contribution in [0.1, 0.15) is 34.6 Å². The van der Waals surface area contributed by atoms with Crippen LogP contribution in [-0.4, -0.2) is 27.6 Å². The van der Waals surface area contributed by atoms with E-state index in [1.165, 1.54) is 6.20 Å². The van der Waals surface area contributed by atoms with E-state index in [1.54, 1.807) is 0 Å². The molecule has 0 bridgehead atoms. The van der Waals surface area contributed by atoms with Gasteiger partial charge >= 0.3 is 5.69 Å². The minimum absolute atomic E-state index is 0.178. The number of carbonyl (C=O) groups excluding carboxylic acids is 1. The smallest absolute Gasteiger partial charge is 0.323 e. The van der Waals surface area contributed by atoms with E-state index in [4.69, 9.17) is 5.11 Å². The van der Waals surface area contributed by atoms with Crippen LogP contribution in [0.4, 0.5) is 0 Å². The van der Waals surface area contributed by atoms with Gasteiger partial charge in [0.25, 0.3) is 5.91 Å². The largest absolute Gasteiger partial charge is 0.384 e. The van der Waals surface area contributed by atoms with Crippen LogP contribution in [0.15, 0.2) is 35.3 Å². The molecule has 1 amide bonds. The molecular weight excluding hydrogens is 270 g/mol. The number of H-pyrrole nitrogens is 2. The molecular formula is C15H15N3O3. The number of imidazole rings is 1. The SMILES string of the molecule is CC(NC(=O)c1c[nH]c(=O)[nH]1)c1ccc(C#CCO)cc1. The Kier molecular flexibility index (Phi) is 4.59. The molecule has 6 nitrogen and oxygen atoms in total. The van der Waals surface area contributed by atoms with Gasteiger partial charge in [0.05, 0.1) is 6.04 Å². The quantitative estimate of drug-likeness (QED) is 0.619. The number of aliphatic hydroxyl groups excluding tert-OH is 1. The highest BCUT2D eigenvalue weighted by atomic mass is 16.2. The molecule has 1 heterocycles. The molecule has 1 atom stereocenters. The lowest BCUT2D eigenvalue weighted by Crippen LogP contribution is -2.27. The predicted octanol–water partition coefficient (Wildman–Crippen LogP) is 0.538. The van der Waals surface area contributed by atoms with Gasteiger partial charge in [0, 0.05) is 11.8 Å². The van der Waals surface area contributed by atoms with Crippen molar-refractivity contribution in [1.29, 1.82) is 0 Å². The van der Waals surface area contributed by atoms with Gasteiger partial charge in [0.15, 0.2) is 0 Å². The number of nitrogens with one attached hydrogen (secondary N) is 3. The van der Waals surface area contributed by atoms with Crippen molar-refractivity contribution < 1.29 is 9.90 Å². The highest BCUT2D eigenvalue weighted by Crippen LogP contribution is 2.13. The highest BCUT2D eigenvalue weighted by Gasteiger charge is 2.12. The van der Waals surface area contributed by atoms with Crippen LogP contribution in [-0.2, 0) is 0 Å². The maximum Gasteiger partial charge on any atom is 0.323 e. The summed E-state index contributed by atoms with van der Waals surface area (Å²) < 4.78 is 0. The van der Waals surface area contributed by atoms with Crippen molar-refractivity contribution in [2.24, 2.45) is 0 Å². The Balaban J connectivity index is 2.04. The fraction of sp³-hybridized carbons (Fsp3) is 0.200. The molecule has 0 spiro atoms. The van der Waals surface area contributed by atoms with E-state index >= 15 is 0 Å². The highest BCUT2D eigenvalue weighted by molar-refractivity contribution is 5.92. The number of amides is 1. The Morgan fingerprint density at radius 3 is 2.67 bits per heavy atom. The zero-order valence-electron chi connectivity index (χ0n) is 11.4. The third kappa shape index (κ3) is 3.84. The summed E-state index contributed by atoms with van der Waals surface area (Å²) in [5, 5.41) is 11.4. The molecule has 21 heavy (non-hydrogen) atoms. The van der Waals surface area contributed by atoms with Crippen molar-refractivity contribution >= 4 is 5.91 Å². The van der Waals surface area contributed by atoms with Gasteiger partial charge < -0.3 is 20.4 Å². The van der Waals surface area contributed by atoms with Gasteiger partial charge in [-0.05, 0) is 24.6 Å². The molecule has 0 fully saturated rings. The van der Waals surface area contributed by atoms with Gasteiger partial charge in [-0.25, -0.2) is 4.79 Å². The number of benzene rings is 1. The lowest BCUT2D eigenvalue weighted by Gasteiger charge is -2.13. The van der Waals surface area contributed by atoms with E-state index in [-0.39, 0.29) is 24.2 Å². The average Bonchev–Trinajstić information content (AvgIpc) is 2.92. The van der Waals surface area contributed by atoms with Crippen molar-refractivity contribution in [1.82, 2.24) is 15.3 Å². The van der Waals surface area contributed by atoms with Gasteiger partial charge in [-0.2, -0.15) is 0 Å². The monoisotopic (exact) mass is 285 g/mol. The molecule has 4 N–H and O–H groups in total. The van der Waals surface area contributed by atoms with E-state index in [1.807, 2.05) is 31.2 Å². The predicted molar refractivity (Wildman–Crippen MR) is 77.7 cm³/mol. The Morgan fingerprint density at radius 1 is 1.38 bits per heavy atom. The zero-order chi connectivity index (χ0) is 15.2. The van der Waals surface area contributed by atoms with Crippen LogP contribution in [0.5, 0.6) is 0 Å². The first-order chi connectivity index (χ1) is 10.1. The summed E-state index contributed by atoms with van der Waals surface area (Å²) in [4.78, 5) is 27.6. The van der Waals surface area contributed by atoms with E-state index in [2.05, 4.69) is 27.1 Å². The summed E-state index contributed by atoms with van der Waals surface area (Å²) in [6.45, 7) is 1.67. The number of aliphatic hydroxyl groups is 1. The number of rotatable bonds is 3. The molecule has 0 aliphatic rings. The summed E-state index contributed by atoms with van der Waals surface area (Å²) in [6.07, 6.45) is 1.33. The molecule has 108 valence electrons. The van der Waals surface area contributed by atoms with Crippen molar-refractivity contribution in [2.45, 2.75) is 13.0 Å². The molecule has 1 aromatic heterocycles. The maximum absolute atomic E-state index is 11.9. The number of aromatic amines is 2. The summed E-state index contributed by atoms with van der Waals surface area (Å²) >= 11 is 0. The fourth-order valence-electron chi connectivity index (χ4n) is 1.81. The first-order valence-electron chi connectivity index (χ1n) is 6.38. The van der Waals surface area contributed by atoms with Crippen molar-refractivity contribution in [3.63, 3.8) is 0 Å². The van der Waals surface area contributed by atoms with Crippen LogP contribution in [0.25, 0.3) is 0 Å². The molecule has 2 aromatic rings. The standard InChI is InChI=1S/C15H15N3O3/c1-10(17-14(20)13-9-16-15(21)18-13)12-6-4-11(5-7-12)3-2-8-19/h4-7,9-10,19H,8H2,1H3,(H,17,20)(H2,16,18,21). The van der Waals surface area contributed by atoms with E-state index in [0.717, 1.165) is 11.1 Å². The molecule has 1 unspecified atom stereocenters. The summed E-state index contributed by atoms with van der Waals surface area (Å²) in [5.41, 5.74) is 1.48. The van der Waals surface area contributed by atoms with Gasteiger partial charge in [-0.1, -0.05) is 24.0 Å². The molecule has 0 saturated carbocycles. The third-order valence-electron chi connectivity index (χ3n) is 2.91. The average molecular weight is 285 g/mol. The van der Waals surface area contributed by atoms with Gasteiger partial charge in [0.1, 0.15) is 12.3 Å². The first-order valence-corrected chi connectivity index (χ1v) is 6.38. The minimum atomic E-state index is -0.417. The van der Waals surface area contributed by atoms with Gasteiger partial charge in [0.2, 0.25) is 0 Å². The lowest BCUT2D eigenvalue weighted by molar-refractivity contribution is 0.0935. The Bertz CT molecular complexity index is 732. The van der Waals surface area contributed by atoms with Crippen molar-refractivity contribution in [2.75, 3.05) is 6.61 Å². The molecule has 1 aromatic carbocycles. The minimum Gasteiger partial charge on any atom is -0.384 e. The fourth-order valence-corrected chi connectivity index (χ4v) is 1.81. The molecule has 0 saturated heterocycles. The van der Waals surface area contributed by atoms with Crippen LogP contribution in [0.3, 0.4) is 0 Å². The first kappa shape index (κ1) is 14.6. The normalized spacial score (nSPS) is 11.3. The molecule has 0 radical (unpaired) electrons. The maximum atomic E-state index is 11.9. The molecule has 0 aliphatic heterocycles. The van der Waals surface area contributed by atoms with Gasteiger partial charge in [-0.3, -0.25) is 4.79 Å². The summed E-state index contributed by atoms with van der Waals surface area (Å²) in [5.74, 6) is 5.01. The Labute approximate surface area is 121 Å². The zero-order valence-corrected chi connectivity index (χ0v) is 11.4. The second kappa shape index (κ2) is 6.59. The van der Waals surface area contributed by atoms with E-state index in [9.17, 15) is 9.59 Å². The number of aromatic nitrogens is 2. The molecule has 2 rings (SSSR count). The van der Waals surface area contributed by atoms with Crippen LogP contribution in [0, 0.1) is 11.8 Å². The topological polar surface area (TPSA) is 98.0 Å². The van der Waals surface area contributed by atoms with Crippen LogP contribution < -0.4 is 11.0 Å². The van der Waals surface area contributed by atoms with Crippen molar-refractivity contribution in [3.8, 4) is 11.8 Å². The van der Waals surface area contributed by atoms with E-state index in [0.29, 0.717) is 0 Å². The summed E-state index contributed by atoms with van der Waals surface area (Å²) in [6, 6.07) is 7.13. The van der Waals surface area contributed by atoms with Crippen LogP contribution in [0.2, 0.25) is 0 Å². The number of hydrogen-bond acceptors (Lipinski definition) is 3. The second-order valence-electron chi connectivity index (χ2n) is 4.43. The lowest BCUT2D eigenvalue weighted by atomic mass is 10.1.